The summed E-state index contributed by atoms with van der Waals surface area (Å²) < 4.78 is 6.24. The molecule has 0 unspecified atom stereocenters. The van der Waals surface area contributed by atoms with Crippen LogP contribution >= 0.6 is 0 Å². The minimum Gasteiger partial charge on any atom is -0.456 e. The molecule has 0 fully saturated rings. The van der Waals surface area contributed by atoms with Crippen molar-refractivity contribution < 1.29 is 4.42 Å². The summed E-state index contributed by atoms with van der Waals surface area (Å²) in [5.74, 6) is 2.51. The minimum atomic E-state index is 0.611. The van der Waals surface area contributed by atoms with E-state index >= 15 is 0 Å². The van der Waals surface area contributed by atoms with E-state index in [9.17, 15) is 0 Å². The summed E-state index contributed by atoms with van der Waals surface area (Å²) in [7, 11) is 0. The summed E-state index contributed by atoms with van der Waals surface area (Å²) in [5.41, 5.74) is 11.1. The molecule has 0 atom stereocenters. The van der Waals surface area contributed by atoms with Gasteiger partial charge in [-0.1, -0.05) is 158 Å². The molecule has 3 heterocycles. The second-order valence-corrected chi connectivity index (χ2v) is 13.3. The van der Waals surface area contributed by atoms with Gasteiger partial charge in [0.25, 0.3) is 0 Å². The Kier molecular flexibility index (Phi) is 8.04. The number of para-hydroxylation sites is 1. The highest BCUT2D eigenvalue weighted by molar-refractivity contribution is 6.11. The summed E-state index contributed by atoms with van der Waals surface area (Å²) in [4.78, 5) is 25.2. The van der Waals surface area contributed by atoms with Crippen LogP contribution in [-0.4, -0.2) is 24.9 Å². The number of aromatic nitrogens is 5. The number of hydrogen-bond acceptors (Lipinski definition) is 6. The van der Waals surface area contributed by atoms with Crippen molar-refractivity contribution in [2.24, 2.45) is 0 Å². The molecule has 10 rings (SSSR count). The lowest BCUT2D eigenvalue weighted by Gasteiger charge is -2.12. The van der Waals surface area contributed by atoms with Gasteiger partial charge in [-0.05, 0) is 41.5 Å². The SMILES string of the molecule is c1ccc(-c2cc(-c3cccc(-c4cccc(-c5nc(-c6ccccc6)nc(-c6ccccc6)n5)c4)c3)nc(-c3cccc4oc5ccccc5c34)n2)cc1. The topological polar surface area (TPSA) is 77.6 Å². The third-order valence-corrected chi connectivity index (χ3v) is 9.75. The summed E-state index contributed by atoms with van der Waals surface area (Å²) in [5, 5.41) is 2.04. The van der Waals surface area contributed by atoms with E-state index in [4.69, 9.17) is 29.3 Å². The number of hydrogen-bond donors (Lipinski definition) is 0. The van der Waals surface area contributed by atoms with Crippen LogP contribution in [0.25, 0.3) is 101 Å². The molecule has 0 aliphatic carbocycles. The molecule has 55 heavy (non-hydrogen) atoms. The van der Waals surface area contributed by atoms with Gasteiger partial charge in [-0.3, -0.25) is 0 Å². The van der Waals surface area contributed by atoms with E-state index < -0.39 is 0 Å². The van der Waals surface area contributed by atoms with Gasteiger partial charge < -0.3 is 4.42 Å². The van der Waals surface area contributed by atoms with E-state index in [-0.39, 0.29) is 0 Å². The molecular weight excluding hydrogens is 675 g/mol. The lowest BCUT2D eigenvalue weighted by Crippen LogP contribution is -2.00. The molecule has 0 aliphatic heterocycles. The molecule has 258 valence electrons. The summed E-state index contributed by atoms with van der Waals surface area (Å²) >= 11 is 0. The third-order valence-electron chi connectivity index (χ3n) is 9.75. The molecule has 3 aromatic heterocycles. The van der Waals surface area contributed by atoms with Gasteiger partial charge in [0.1, 0.15) is 11.2 Å². The van der Waals surface area contributed by atoms with E-state index in [0.29, 0.717) is 23.3 Å². The second kappa shape index (κ2) is 13.8. The van der Waals surface area contributed by atoms with Crippen molar-refractivity contribution in [3.63, 3.8) is 0 Å². The fraction of sp³-hybridized carbons (Fsp3) is 0. The maximum atomic E-state index is 6.24. The largest absolute Gasteiger partial charge is 0.456 e. The molecule has 10 aromatic rings. The van der Waals surface area contributed by atoms with Gasteiger partial charge in [0, 0.05) is 44.2 Å². The first-order valence-corrected chi connectivity index (χ1v) is 18.2. The van der Waals surface area contributed by atoms with Crippen LogP contribution in [0.3, 0.4) is 0 Å². The van der Waals surface area contributed by atoms with Gasteiger partial charge in [-0.2, -0.15) is 0 Å². The second-order valence-electron chi connectivity index (χ2n) is 13.3. The first-order chi connectivity index (χ1) is 27.2. The molecule has 6 nitrogen and oxygen atoms in total. The number of fused-ring (bicyclic) bond motifs is 3. The first-order valence-electron chi connectivity index (χ1n) is 18.2. The van der Waals surface area contributed by atoms with Crippen molar-refractivity contribution in [2.75, 3.05) is 0 Å². The van der Waals surface area contributed by atoms with Gasteiger partial charge >= 0.3 is 0 Å². The monoisotopic (exact) mass is 705 g/mol. The maximum Gasteiger partial charge on any atom is 0.164 e. The fourth-order valence-electron chi connectivity index (χ4n) is 7.07. The van der Waals surface area contributed by atoms with E-state index in [1.807, 2.05) is 109 Å². The van der Waals surface area contributed by atoms with Crippen molar-refractivity contribution in [3.8, 4) is 79.2 Å². The van der Waals surface area contributed by atoms with Crippen molar-refractivity contribution >= 4 is 21.9 Å². The molecule has 0 N–H and O–H groups in total. The van der Waals surface area contributed by atoms with Crippen molar-refractivity contribution in [1.29, 1.82) is 0 Å². The highest BCUT2D eigenvalue weighted by Crippen LogP contribution is 2.38. The third kappa shape index (κ3) is 6.22. The number of rotatable bonds is 7. The Morgan fingerprint density at radius 1 is 0.291 bits per heavy atom. The normalized spacial score (nSPS) is 11.3. The van der Waals surface area contributed by atoms with Crippen LogP contribution in [0.2, 0.25) is 0 Å². The molecule has 7 aromatic carbocycles. The Morgan fingerprint density at radius 3 is 1.40 bits per heavy atom. The number of furan rings is 1. The zero-order valence-electron chi connectivity index (χ0n) is 29.5. The predicted octanol–water partition coefficient (Wildman–Crippen LogP) is 12.2. The smallest absolute Gasteiger partial charge is 0.164 e. The Labute approximate surface area is 317 Å². The van der Waals surface area contributed by atoms with Gasteiger partial charge in [-0.25, -0.2) is 24.9 Å². The van der Waals surface area contributed by atoms with Gasteiger partial charge in [0.05, 0.1) is 11.4 Å². The summed E-state index contributed by atoms with van der Waals surface area (Å²) in [6.45, 7) is 0. The van der Waals surface area contributed by atoms with Crippen LogP contribution < -0.4 is 0 Å². The van der Waals surface area contributed by atoms with Crippen LogP contribution in [-0.2, 0) is 0 Å². The lowest BCUT2D eigenvalue weighted by atomic mass is 9.98. The van der Waals surface area contributed by atoms with E-state index in [1.165, 1.54) is 0 Å². The Hall–Kier alpha value is -7.57. The average Bonchev–Trinajstić information content (AvgIpc) is 3.66. The van der Waals surface area contributed by atoms with E-state index in [2.05, 4.69) is 78.9 Å². The van der Waals surface area contributed by atoms with Crippen molar-refractivity contribution in [3.05, 3.63) is 188 Å². The molecule has 6 heteroatoms. The van der Waals surface area contributed by atoms with Gasteiger partial charge in [0.2, 0.25) is 0 Å². The Morgan fingerprint density at radius 2 is 0.745 bits per heavy atom. The van der Waals surface area contributed by atoms with Gasteiger partial charge in [0.15, 0.2) is 23.3 Å². The van der Waals surface area contributed by atoms with Gasteiger partial charge in [-0.15, -0.1) is 0 Å². The van der Waals surface area contributed by atoms with Crippen LogP contribution in [0.1, 0.15) is 0 Å². The predicted molar refractivity (Wildman–Crippen MR) is 221 cm³/mol. The maximum absolute atomic E-state index is 6.24. The van der Waals surface area contributed by atoms with Crippen LogP contribution in [0.15, 0.2) is 192 Å². The first kappa shape index (κ1) is 32.1. The average molecular weight is 706 g/mol. The summed E-state index contributed by atoms with van der Waals surface area (Å²) in [6.07, 6.45) is 0. The fourth-order valence-corrected chi connectivity index (χ4v) is 7.07. The molecule has 0 saturated carbocycles. The summed E-state index contributed by atoms with van der Waals surface area (Å²) in [6, 6.07) is 63.4. The van der Waals surface area contributed by atoms with Crippen LogP contribution in [0.4, 0.5) is 0 Å². The number of nitrogens with zero attached hydrogens (tertiary/aromatic N) is 5. The highest BCUT2D eigenvalue weighted by Gasteiger charge is 2.18. The molecular formula is C49H31N5O. The Bertz CT molecular complexity index is 2920. The molecule has 0 amide bonds. The molecule has 0 radical (unpaired) electrons. The molecule has 0 aliphatic rings. The molecule has 0 bridgehead atoms. The molecule has 0 spiro atoms. The van der Waals surface area contributed by atoms with Crippen molar-refractivity contribution in [1.82, 2.24) is 24.9 Å². The zero-order chi connectivity index (χ0) is 36.6. The quantitative estimate of drug-likeness (QED) is 0.164. The highest BCUT2D eigenvalue weighted by atomic mass is 16.3. The zero-order valence-corrected chi connectivity index (χ0v) is 29.5. The molecule has 0 saturated heterocycles. The number of benzene rings is 7. The van der Waals surface area contributed by atoms with E-state index in [1.54, 1.807) is 0 Å². The minimum absolute atomic E-state index is 0.611. The Balaban J connectivity index is 1.08. The van der Waals surface area contributed by atoms with Crippen molar-refractivity contribution in [2.45, 2.75) is 0 Å². The standard InChI is InChI=1S/C49H31N5O/c1-4-15-32(16-5-1)41-31-42(51-49(50-41)40-26-14-28-44-45(40)39-25-10-11-27-43(39)55-44)37-23-12-21-35(29-37)36-22-13-24-38(30-36)48-53-46(33-17-6-2-7-18-33)52-47(54-48)34-19-8-3-9-20-34/h1-31H. The van der Waals surface area contributed by atoms with Crippen LogP contribution in [0, 0.1) is 0 Å². The van der Waals surface area contributed by atoms with Crippen LogP contribution in [0.5, 0.6) is 0 Å². The lowest BCUT2D eigenvalue weighted by molar-refractivity contribution is 0.669. The van der Waals surface area contributed by atoms with E-state index in [0.717, 1.165) is 77.8 Å².